The summed E-state index contributed by atoms with van der Waals surface area (Å²) in [7, 11) is 1.63. The van der Waals surface area contributed by atoms with E-state index in [2.05, 4.69) is 0 Å². The zero-order valence-corrected chi connectivity index (χ0v) is 12.3. The van der Waals surface area contributed by atoms with E-state index in [1.54, 1.807) is 19.2 Å². The van der Waals surface area contributed by atoms with Crippen molar-refractivity contribution in [2.45, 2.75) is 25.7 Å². The van der Waals surface area contributed by atoms with Gasteiger partial charge in [0.2, 0.25) is 0 Å². The molecule has 0 saturated carbocycles. The van der Waals surface area contributed by atoms with Crippen LogP contribution in [0.25, 0.3) is 0 Å². The highest BCUT2D eigenvalue weighted by atomic mass is 19.1. The molecule has 0 aliphatic heterocycles. The van der Waals surface area contributed by atoms with Crippen LogP contribution in [0.4, 0.5) is 4.39 Å². The fourth-order valence-corrected chi connectivity index (χ4v) is 2.15. The molecule has 0 aromatic heterocycles. The molecule has 0 aliphatic rings. The van der Waals surface area contributed by atoms with Crippen molar-refractivity contribution in [2.24, 2.45) is 5.73 Å². The molecule has 0 saturated heterocycles. The number of hydrogen-bond donors (Lipinski definition) is 1. The van der Waals surface area contributed by atoms with Gasteiger partial charge in [-0.25, -0.2) is 4.39 Å². The van der Waals surface area contributed by atoms with Gasteiger partial charge in [-0.05, 0) is 42.3 Å². The topological polar surface area (TPSA) is 44.5 Å². The highest BCUT2D eigenvalue weighted by Gasteiger charge is 2.17. The Labute approximate surface area is 124 Å². The molecule has 4 heteroatoms. The van der Waals surface area contributed by atoms with E-state index in [0.29, 0.717) is 6.61 Å². The molecule has 0 bridgehead atoms. The lowest BCUT2D eigenvalue weighted by Gasteiger charge is -2.22. The lowest BCUT2D eigenvalue weighted by atomic mass is 10.0. The summed E-state index contributed by atoms with van der Waals surface area (Å²) in [6.45, 7) is 2.29. The van der Waals surface area contributed by atoms with E-state index in [4.69, 9.17) is 15.2 Å². The second-order valence-electron chi connectivity index (χ2n) is 4.99. The first-order valence-electron chi connectivity index (χ1n) is 6.85. The van der Waals surface area contributed by atoms with Gasteiger partial charge in [0.05, 0.1) is 19.8 Å². The second kappa shape index (κ2) is 7.20. The molecule has 2 aromatic rings. The van der Waals surface area contributed by atoms with Gasteiger partial charge in [-0.15, -0.1) is 0 Å². The quantitative estimate of drug-likeness (QED) is 0.886. The van der Waals surface area contributed by atoms with E-state index in [1.165, 1.54) is 12.1 Å². The molecule has 0 amide bonds. The molecule has 0 radical (unpaired) electrons. The van der Waals surface area contributed by atoms with Crippen LogP contribution < -0.4 is 10.5 Å². The van der Waals surface area contributed by atoms with Crippen LogP contribution in [0.3, 0.4) is 0 Å². The van der Waals surface area contributed by atoms with Crippen LogP contribution in [0.1, 0.15) is 24.2 Å². The van der Waals surface area contributed by atoms with E-state index in [0.717, 1.165) is 16.9 Å². The van der Waals surface area contributed by atoms with E-state index < -0.39 is 0 Å². The Bertz CT molecular complexity index is 569. The second-order valence-corrected chi connectivity index (χ2v) is 4.99. The minimum Gasteiger partial charge on any atom is -0.497 e. The van der Waals surface area contributed by atoms with Crippen molar-refractivity contribution in [1.82, 2.24) is 0 Å². The lowest BCUT2D eigenvalue weighted by molar-refractivity contribution is 0.0258. The zero-order chi connectivity index (χ0) is 15.2. The van der Waals surface area contributed by atoms with Crippen LogP contribution in [-0.4, -0.2) is 13.2 Å². The van der Waals surface area contributed by atoms with Crippen LogP contribution in [0, 0.1) is 5.82 Å². The highest BCUT2D eigenvalue weighted by molar-refractivity contribution is 5.28. The molecule has 0 aliphatic carbocycles. The van der Waals surface area contributed by atoms with Crippen LogP contribution in [0.2, 0.25) is 0 Å². The number of benzene rings is 2. The smallest absolute Gasteiger partial charge is 0.123 e. The molecule has 2 rings (SSSR count). The third-order valence-electron chi connectivity index (χ3n) is 3.24. The maximum atomic E-state index is 13.0. The van der Waals surface area contributed by atoms with Gasteiger partial charge in [0.25, 0.3) is 0 Å². The van der Waals surface area contributed by atoms with Crippen molar-refractivity contribution < 1.29 is 13.9 Å². The average Bonchev–Trinajstić information content (AvgIpc) is 2.49. The van der Waals surface area contributed by atoms with Gasteiger partial charge in [0.15, 0.2) is 0 Å². The predicted octanol–water partition coefficient (Wildman–Crippen LogP) is 3.44. The third-order valence-corrected chi connectivity index (χ3v) is 3.24. The van der Waals surface area contributed by atoms with Crippen molar-refractivity contribution in [1.29, 1.82) is 0 Å². The first-order chi connectivity index (χ1) is 10.1. The molecule has 2 N–H and O–H groups in total. The minimum atomic E-state index is -0.281. The van der Waals surface area contributed by atoms with E-state index in [-0.39, 0.29) is 18.0 Å². The number of methoxy groups -OCH3 is 1. The summed E-state index contributed by atoms with van der Waals surface area (Å²) in [5, 5.41) is 0. The maximum absolute atomic E-state index is 13.0. The predicted molar refractivity (Wildman–Crippen MR) is 80.6 cm³/mol. The summed E-state index contributed by atoms with van der Waals surface area (Å²) in [6, 6.07) is 13.7. The van der Waals surface area contributed by atoms with E-state index in [1.807, 2.05) is 31.2 Å². The Morgan fingerprint density at radius 2 is 1.86 bits per heavy atom. The van der Waals surface area contributed by atoms with Gasteiger partial charge in [0.1, 0.15) is 11.6 Å². The summed E-state index contributed by atoms with van der Waals surface area (Å²) in [5.74, 6) is 0.519. The summed E-state index contributed by atoms with van der Waals surface area (Å²) >= 11 is 0. The lowest BCUT2D eigenvalue weighted by Crippen LogP contribution is -2.27. The Morgan fingerprint density at radius 3 is 2.48 bits per heavy atom. The molecule has 0 fully saturated rings. The zero-order valence-electron chi connectivity index (χ0n) is 12.3. The van der Waals surface area contributed by atoms with Gasteiger partial charge >= 0.3 is 0 Å². The maximum Gasteiger partial charge on any atom is 0.123 e. The Balaban J connectivity index is 2.08. The van der Waals surface area contributed by atoms with Crippen LogP contribution in [-0.2, 0) is 11.3 Å². The Hall–Kier alpha value is -1.91. The molecule has 21 heavy (non-hydrogen) atoms. The van der Waals surface area contributed by atoms with Gasteiger partial charge in [-0.2, -0.15) is 0 Å². The largest absolute Gasteiger partial charge is 0.497 e. The normalized spacial score (nSPS) is 13.7. The van der Waals surface area contributed by atoms with E-state index >= 15 is 0 Å². The fraction of sp³-hybridized carbons (Fsp3) is 0.294. The summed E-state index contributed by atoms with van der Waals surface area (Å²) in [5.41, 5.74) is 7.86. The monoisotopic (exact) mass is 289 g/mol. The molecule has 2 atom stereocenters. The van der Waals surface area contributed by atoms with E-state index in [9.17, 15) is 4.39 Å². The van der Waals surface area contributed by atoms with Gasteiger partial charge in [0, 0.05) is 6.04 Å². The van der Waals surface area contributed by atoms with Gasteiger partial charge in [-0.3, -0.25) is 0 Å². The standard InChI is InChI=1S/C17H20FNO2/c1-12(19)17(14-6-8-15(18)9-7-14)21-11-13-4-3-5-16(10-13)20-2/h3-10,12,17H,11,19H2,1-2H3. The fourth-order valence-electron chi connectivity index (χ4n) is 2.15. The van der Waals surface area contributed by atoms with Crippen LogP contribution in [0.5, 0.6) is 5.75 Å². The Morgan fingerprint density at radius 1 is 1.14 bits per heavy atom. The first kappa shape index (κ1) is 15.5. The van der Waals surface area contributed by atoms with Crippen molar-refractivity contribution >= 4 is 0 Å². The van der Waals surface area contributed by atoms with Crippen molar-refractivity contribution in [3.05, 3.63) is 65.5 Å². The van der Waals surface area contributed by atoms with Gasteiger partial charge < -0.3 is 15.2 Å². The van der Waals surface area contributed by atoms with Crippen LogP contribution in [0.15, 0.2) is 48.5 Å². The number of hydrogen-bond acceptors (Lipinski definition) is 3. The third kappa shape index (κ3) is 4.28. The van der Waals surface area contributed by atoms with Crippen molar-refractivity contribution in [2.75, 3.05) is 7.11 Å². The van der Waals surface area contributed by atoms with Crippen LogP contribution >= 0.6 is 0 Å². The summed E-state index contributed by atoms with van der Waals surface area (Å²) in [4.78, 5) is 0. The molecule has 2 unspecified atom stereocenters. The van der Waals surface area contributed by atoms with Gasteiger partial charge in [-0.1, -0.05) is 24.3 Å². The number of rotatable bonds is 6. The summed E-state index contributed by atoms with van der Waals surface area (Å²) in [6.07, 6.45) is -0.281. The molecule has 0 heterocycles. The highest BCUT2D eigenvalue weighted by Crippen LogP contribution is 2.23. The molecular weight excluding hydrogens is 269 g/mol. The Kier molecular flexibility index (Phi) is 5.31. The number of ether oxygens (including phenoxy) is 2. The molecule has 2 aromatic carbocycles. The van der Waals surface area contributed by atoms with Crippen molar-refractivity contribution in [3.8, 4) is 5.75 Å². The number of nitrogens with two attached hydrogens (primary N) is 1. The SMILES string of the molecule is COc1cccc(COC(c2ccc(F)cc2)C(C)N)c1. The molecule has 0 spiro atoms. The minimum absolute atomic E-state index is 0.193. The first-order valence-corrected chi connectivity index (χ1v) is 6.85. The molecular formula is C17H20FNO2. The summed E-state index contributed by atoms with van der Waals surface area (Å²) < 4.78 is 24.1. The molecule has 3 nitrogen and oxygen atoms in total. The molecule has 112 valence electrons. The average molecular weight is 289 g/mol. The number of halogens is 1. The van der Waals surface area contributed by atoms with Crippen molar-refractivity contribution in [3.63, 3.8) is 0 Å².